The summed E-state index contributed by atoms with van der Waals surface area (Å²) in [6.45, 7) is 1.07. The molecule has 1 fully saturated rings. The summed E-state index contributed by atoms with van der Waals surface area (Å²) in [7, 11) is 0. The van der Waals surface area contributed by atoms with Gasteiger partial charge in [-0.1, -0.05) is 35.3 Å². The molecular formula is C19H14Cl2N4O3. The van der Waals surface area contributed by atoms with Crippen LogP contribution in [0.5, 0.6) is 0 Å². The van der Waals surface area contributed by atoms with E-state index in [0.29, 0.717) is 21.8 Å². The van der Waals surface area contributed by atoms with Gasteiger partial charge < -0.3 is 10.6 Å². The molecule has 0 bridgehead atoms. The van der Waals surface area contributed by atoms with Gasteiger partial charge in [-0.05, 0) is 42.8 Å². The highest BCUT2D eigenvalue weighted by Gasteiger charge is 2.49. The molecule has 28 heavy (non-hydrogen) atoms. The number of nitrogens with zero attached hydrogens (tertiary/aromatic N) is 2. The first-order valence-corrected chi connectivity index (χ1v) is 8.90. The Kier molecular flexibility index (Phi) is 5.27. The van der Waals surface area contributed by atoms with E-state index in [2.05, 4.69) is 10.6 Å². The highest BCUT2D eigenvalue weighted by molar-refractivity contribution is 6.36. The minimum atomic E-state index is -1.33. The van der Waals surface area contributed by atoms with Crippen molar-refractivity contribution in [2.45, 2.75) is 12.5 Å². The lowest BCUT2D eigenvalue weighted by Crippen LogP contribution is -2.42. The number of carbonyl (C=O) groups is 3. The molecule has 1 aliphatic heterocycles. The topological polar surface area (TPSA) is 102 Å². The standard InChI is InChI=1S/C19H14Cl2N4O3/c1-19(12-4-2-11(9-22)3-5-12)17(27)25(18(28)24-19)10-16(26)23-15-7-6-13(20)8-14(15)21/h2-8H,10H2,1H3,(H,23,26)(H,24,28). The van der Waals surface area contributed by atoms with Crippen molar-refractivity contribution in [1.29, 1.82) is 5.26 Å². The molecule has 0 aliphatic carbocycles. The Hall–Kier alpha value is -3.08. The lowest BCUT2D eigenvalue weighted by atomic mass is 9.91. The average Bonchev–Trinajstić information content (AvgIpc) is 2.88. The number of imide groups is 1. The zero-order chi connectivity index (χ0) is 20.5. The molecule has 2 aromatic carbocycles. The molecule has 1 heterocycles. The molecule has 3 rings (SSSR count). The van der Waals surface area contributed by atoms with E-state index in [1.807, 2.05) is 6.07 Å². The molecule has 4 amide bonds. The van der Waals surface area contributed by atoms with Crippen molar-refractivity contribution < 1.29 is 14.4 Å². The van der Waals surface area contributed by atoms with Crippen LogP contribution in [-0.2, 0) is 15.1 Å². The van der Waals surface area contributed by atoms with Gasteiger partial charge in [0.1, 0.15) is 12.1 Å². The summed E-state index contributed by atoms with van der Waals surface area (Å²) in [5.74, 6) is -1.16. The van der Waals surface area contributed by atoms with Gasteiger partial charge in [0.25, 0.3) is 5.91 Å². The van der Waals surface area contributed by atoms with E-state index < -0.39 is 29.9 Å². The monoisotopic (exact) mass is 416 g/mol. The van der Waals surface area contributed by atoms with Crippen LogP contribution in [0.3, 0.4) is 0 Å². The van der Waals surface area contributed by atoms with Crippen LogP contribution in [0.2, 0.25) is 10.0 Å². The van der Waals surface area contributed by atoms with E-state index in [-0.39, 0.29) is 5.02 Å². The Labute approximate surface area is 170 Å². The SMILES string of the molecule is CC1(c2ccc(C#N)cc2)NC(=O)N(CC(=O)Nc2ccc(Cl)cc2Cl)C1=O. The number of carbonyl (C=O) groups excluding carboxylic acids is 3. The van der Waals surface area contributed by atoms with Gasteiger partial charge in [0.05, 0.1) is 22.3 Å². The maximum absolute atomic E-state index is 12.8. The molecule has 2 N–H and O–H groups in total. The predicted molar refractivity (Wildman–Crippen MR) is 104 cm³/mol. The van der Waals surface area contributed by atoms with Crippen LogP contribution >= 0.6 is 23.2 Å². The number of anilines is 1. The van der Waals surface area contributed by atoms with E-state index in [1.54, 1.807) is 37.3 Å². The van der Waals surface area contributed by atoms with Crippen LogP contribution in [-0.4, -0.2) is 29.3 Å². The molecule has 9 heteroatoms. The summed E-state index contributed by atoms with van der Waals surface area (Å²) in [4.78, 5) is 38.3. The Morgan fingerprint density at radius 3 is 2.50 bits per heavy atom. The summed E-state index contributed by atoms with van der Waals surface area (Å²) in [5.41, 5.74) is -0.0739. The second-order valence-electron chi connectivity index (χ2n) is 6.31. The highest BCUT2D eigenvalue weighted by atomic mass is 35.5. The molecule has 0 radical (unpaired) electrons. The number of halogens is 2. The van der Waals surface area contributed by atoms with Gasteiger partial charge in [-0.2, -0.15) is 5.26 Å². The van der Waals surface area contributed by atoms with Crippen LogP contribution in [0.4, 0.5) is 10.5 Å². The third-order valence-electron chi connectivity index (χ3n) is 4.37. The number of amides is 4. The quantitative estimate of drug-likeness (QED) is 0.746. The van der Waals surface area contributed by atoms with Gasteiger partial charge in [-0.25, -0.2) is 4.79 Å². The fourth-order valence-corrected chi connectivity index (χ4v) is 3.29. The van der Waals surface area contributed by atoms with Gasteiger partial charge >= 0.3 is 6.03 Å². The Morgan fingerprint density at radius 2 is 1.89 bits per heavy atom. The predicted octanol–water partition coefficient (Wildman–Crippen LogP) is 3.27. The third-order valence-corrected chi connectivity index (χ3v) is 4.92. The number of urea groups is 1. The minimum absolute atomic E-state index is 0.237. The van der Waals surface area contributed by atoms with E-state index >= 15 is 0 Å². The number of nitriles is 1. The van der Waals surface area contributed by atoms with Gasteiger partial charge in [0.15, 0.2) is 0 Å². The maximum Gasteiger partial charge on any atom is 0.325 e. The lowest BCUT2D eigenvalue weighted by Gasteiger charge is -2.22. The van der Waals surface area contributed by atoms with Crippen molar-refractivity contribution in [3.05, 3.63) is 63.6 Å². The van der Waals surface area contributed by atoms with Gasteiger partial charge in [0.2, 0.25) is 5.91 Å². The van der Waals surface area contributed by atoms with Crippen molar-refractivity contribution in [1.82, 2.24) is 10.2 Å². The first-order chi connectivity index (χ1) is 13.2. The number of nitrogens with one attached hydrogen (secondary N) is 2. The first kappa shape index (κ1) is 19.7. The molecule has 7 nitrogen and oxygen atoms in total. The van der Waals surface area contributed by atoms with Gasteiger partial charge in [-0.3, -0.25) is 14.5 Å². The molecule has 2 aromatic rings. The second kappa shape index (κ2) is 7.50. The molecule has 1 unspecified atom stereocenters. The summed E-state index contributed by atoms with van der Waals surface area (Å²) in [5, 5.41) is 14.7. The Balaban J connectivity index is 1.76. The molecule has 1 saturated heterocycles. The van der Waals surface area contributed by atoms with E-state index in [1.165, 1.54) is 12.1 Å². The van der Waals surface area contributed by atoms with Crippen molar-refractivity contribution >= 4 is 46.7 Å². The number of rotatable bonds is 4. The van der Waals surface area contributed by atoms with Crippen LogP contribution in [0.1, 0.15) is 18.1 Å². The Morgan fingerprint density at radius 1 is 1.21 bits per heavy atom. The molecular weight excluding hydrogens is 403 g/mol. The molecule has 1 atom stereocenters. The fourth-order valence-electron chi connectivity index (χ4n) is 2.84. The number of benzene rings is 2. The number of hydrogen-bond acceptors (Lipinski definition) is 4. The number of hydrogen-bond donors (Lipinski definition) is 2. The van der Waals surface area contributed by atoms with Crippen LogP contribution in [0.15, 0.2) is 42.5 Å². The Bertz CT molecular complexity index is 1020. The smallest absolute Gasteiger partial charge is 0.323 e. The third kappa shape index (κ3) is 3.65. The highest BCUT2D eigenvalue weighted by Crippen LogP contribution is 2.29. The average molecular weight is 417 g/mol. The van der Waals surface area contributed by atoms with Gasteiger partial charge in [0, 0.05) is 5.02 Å². The van der Waals surface area contributed by atoms with Crippen LogP contribution in [0.25, 0.3) is 0 Å². The molecule has 0 saturated carbocycles. The van der Waals surface area contributed by atoms with Crippen LogP contribution in [0, 0.1) is 11.3 Å². The van der Waals surface area contributed by atoms with E-state index in [9.17, 15) is 14.4 Å². The van der Waals surface area contributed by atoms with Gasteiger partial charge in [-0.15, -0.1) is 0 Å². The van der Waals surface area contributed by atoms with Crippen molar-refractivity contribution in [3.63, 3.8) is 0 Å². The minimum Gasteiger partial charge on any atom is -0.323 e. The summed E-state index contributed by atoms with van der Waals surface area (Å²) in [6, 6.07) is 12.1. The summed E-state index contributed by atoms with van der Waals surface area (Å²) >= 11 is 11.8. The lowest BCUT2D eigenvalue weighted by molar-refractivity contribution is -0.133. The first-order valence-electron chi connectivity index (χ1n) is 8.14. The summed E-state index contributed by atoms with van der Waals surface area (Å²) in [6.07, 6.45) is 0. The fraction of sp³-hybridized carbons (Fsp3) is 0.158. The largest absolute Gasteiger partial charge is 0.325 e. The van der Waals surface area contributed by atoms with Crippen molar-refractivity contribution in [3.8, 4) is 6.07 Å². The zero-order valence-corrected chi connectivity index (χ0v) is 16.1. The second-order valence-corrected chi connectivity index (χ2v) is 7.15. The summed E-state index contributed by atoms with van der Waals surface area (Å²) < 4.78 is 0. The van der Waals surface area contributed by atoms with Crippen molar-refractivity contribution in [2.75, 3.05) is 11.9 Å². The molecule has 0 aromatic heterocycles. The van der Waals surface area contributed by atoms with Crippen LogP contribution < -0.4 is 10.6 Å². The normalized spacial score (nSPS) is 18.6. The van der Waals surface area contributed by atoms with E-state index in [0.717, 1.165) is 4.90 Å². The maximum atomic E-state index is 12.8. The van der Waals surface area contributed by atoms with Crippen molar-refractivity contribution in [2.24, 2.45) is 0 Å². The zero-order valence-electron chi connectivity index (χ0n) is 14.6. The molecule has 142 valence electrons. The molecule has 0 spiro atoms. The molecule has 1 aliphatic rings. The van der Waals surface area contributed by atoms with E-state index in [4.69, 9.17) is 28.5 Å².